The van der Waals surface area contributed by atoms with Gasteiger partial charge < -0.3 is 20.9 Å². The number of piperidine rings is 1. The Morgan fingerprint density at radius 2 is 1.84 bits per heavy atom. The molecule has 5 nitrogen and oxygen atoms in total. The maximum atomic E-state index is 12.0. The van der Waals surface area contributed by atoms with Crippen LogP contribution in [0.25, 0.3) is 0 Å². The molecule has 1 fully saturated rings. The topological polar surface area (TPSA) is 56.4 Å². The molecule has 1 aliphatic heterocycles. The lowest BCUT2D eigenvalue weighted by atomic mass is 9.89. The van der Waals surface area contributed by atoms with E-state index in [0.717, 1.165) is 56.8 Å². The zero-order valence-electron chi connectivity index (χ0n) is 19.5. The van der Waals surface area contributed by atoms with Gasteiger partial charge >= 0.3 is 0 Å². The van der Waals surface area contributed by atoms with Crippen molar-refractivity contribution < 1.29 is 4.79 Å². The molecule has 2 aromatic carbocycles. The first-order valence-corrected chi connectivity index (χ1v) is 12.1. The highest BCUT2D eigenvalue weighted by atomic mass is 32.1. The van der Waals surface area contributed by atoms with Crippen LogP contribution in [-0.2, 0) is 4.79 Å². The Morgan fingerprint density at radius 1 is 1.09 bits per heavy atom. The summed E-state index contributed by atoms with van der Waals surface area (Å²) in [7, 11) is 0. The molecule has 172 valence electrons. The highest BCUT2D eigenvalue weighted by Gasteiger charge is 2.20. The van der Waals surface area contributed by atoms with Crippen LogP contribution in [0.2, 0.25) is 0 Å². The third kappa shape index (κ3) is 7.31. The molecule has 3 N–H and O–H groups in total. The van der Waals surface area contributed by atoms with Crippen LogP contribution in [0.1, 0.15) is 50.2 Å². The van der Waals surface area contributed by atoms with Gasteiger partial charge in [-0.1, -0.05) is 44.2 Å². The van der Waals surface area contributed by atoms with Gasteiger partial charge in [-0.25, -0.2) is 0 Å². The van der Waals surface area contributed by atoms with E-state index in [-0.39, 0.29) is 11.8 Å². The number of aryl methyl sites for hydroxylation is 1. The lowest BCUT2D eigenvalue weighted by molar-refractivity contribution is -0.118. The fourth-order valence-electron chi connectivity index (χ4n) is 4.03. The average molecular weight is 453 g/mol. The fourth-order valence-corrected chi connectivity index (χ4v) is 4.24. The molecule has 3 rings (SSSR count). The van der Waals surface area contributed by atoms with Crippen LogP contribution in [0.15, 0.2) is 48.5 Å². The second-order valence-electron chi connectivity index (χ2n) is 8.93. The molecule has 1 amide bonds. The predicted octanol–water partition coefficient (Wildman–Crippen LogP) is 5.15. The van der Waals surface area contributed by atoms with Gasteiger partial charge in [0, 0.05) is 23.8 Å². The van der Waals surface area contributed by atoms with Gasteiger partial charge in [0.2, 0.25) is 5.91 Å². The summed E-state index contributed by atoms with van der Waals surface area (Å²) >= 11 is 5.42. The number of carbonyl (C=O) groups excluding carboxylic acids is 1. The molecular weight excluding hydrogens is 416 g/mol. The van der Waals surface area contributed by atoms with Crippen molar-refractivity contribution in [2.24, 2.45) is 5.92 Å². The maximum Gasteiger partial charge on any atom is 0.226 e. The van der Waals surface area contributed by atoms with Crippen LogP contribution >= 0.6 is 12.2 Å². The first-order chi connectivity index (χ1) is 15.4. The van der Waals surface area contributed by atoms with Crippen LogP contribution < -0.4 is 16.0 Å². The summed E-state index contributed by atoms with van der Waals surface area (Å²) in [5.74, 6) is 0.620. The van der Waals surface area contributed by atoms with E-state index >= 15 is 0 Å². The van der Waals surface area contributed by atoms with E-state index in [4.69, 9.17) is 12.2 Å². The smallest absolute Gasteiger partial charge is 0.226 e. The van der Waals surface area contributed by atoms with E-state index in [1.54, 1.807) is 0 Å². The zero-order chi connectivity index (χ0) is 22.9. The molecule has 32 heavy (non-hydrogen) atoms. The number of nitrogens with one attached hydrogen (secondary N) is 3. The number of likely N-dealkylation sites (tertiary alicyclic amines) is 1. The summed E-state index contributed by atoms with van der Waals surface area (Å²) in [5, 5.41) is 10.3. The van der Waals surface area contributed by atoms with E-state index in [0.29, 0.717) is 11.0 Å². The SMILES string of the molecule is Cc1ccccc1NC(=S)NCCCN1CCC(c2cccc(NC(=O)C(C)C)c2)CC1. The number of benzene rings is 2. The van der Waals surface area contributed by atoms with E-state index in [1.165, 1.54) is 11.1 Å². The third-order valence-electron chi connectivity index (χ3n) is 6.07. The molecule has 0 aliphatic carbocycles. The molecule has 0 atom stereocenters. The molecule has 0 radical (unpaired) electrons. The van der Waals surface area contributed by atoms with Crippen molar-refractivity contribution in [3.63, 3.8) is 0 Å². The van der Waals surface area contributed by atoms with Gasteiger partial charge in [-0.15, -0.1) is 0 Å². The minimum Gasteiger partial charge on any atom is -0.362 e. The molecule has 0 spiro atoms. The lowest BCUT2D eigenvalue weighted by Crippen LogP contribution is -2.36. The Morgan fingerprint density at radius 3 is 2.56 bits per heavy atom. The van der Waals surface area contributed by atoms with E-state index in [1.807, 2.05) is 38.1 Å². The van der Waals surface area contributed by atoms with Gasteiger partial charge in [0.25, 0.3) is 0 Å². The van der Waals surface area contributed by atoms with Gasteiger partial charge in [-0.2, -0.15) is 0 Å². The van der Waals surface area contributed by atoms with E-state index < -0.39 is 0 Å². The van der Waals surface area contributed by atoms with Gasteiger partial charge in [0.05, 0.1) is 0 Å². The van der Waals surface area contributed by atoms with Gasteiger partial charge in [-0.3, -0.25) is 4.79 Å². The molecule has 2 aromatic rings. The second-order valence-corrected chi connectivity index (χ2v) is 9.34. The largest absolute Gasteiger partial charge is 0.362 e. The summed E-state index contributed by atoms with van der Waals surface area (Å²) in [6.07, 6.45) is 3.38. The van der Waals surface area contributed by atoms with Gasteiger partial charge in [-0.05, 0) is 93.3 Å². The Labute approximate surface area is 198 Å². The number of hydrogen-bond acceptors (Lipinski definition) is 3. The van der Waals surface area contributed by atoms with Gasteiger partial charge in [0.1, 0.15) is 0 Å². The number of carbonyl (C=O) groups is 1. The normalized spacial score (nSPS) is 14.9. The van der Waals surface area contributed by atoms with Gasteiger partial charge in [0.15, 0.2) is 5.11 Å². The molecule has 0 aromatic heterocycles. The van der Waals surface area contributed by atoms with Crippen LogP contribution in [0.4, 0.5) is 11.4 Å². The molecule has 6 heteroatoms. The number of thiocarbonyl (C=S) groups is 1. The quantitative estimate of drug-likeness (QED) is 0.382. The maximum absolute atomic E-state index is 12.0. The molecule has 1 heterocycles. The Kier molecular flexibility index (Phi) is 9.06. The minimum atomic E-state index is -0.0102. The minimum absolute atomic E-state index is 0.0102. The number of nitrogens with zero attached hydrogens (tertiary/aromatic N) is 1. The molecule has 0 bridgehead atoms. The van der Waals surface area contributed by atoms with Crippen LogP contribution in [-0.4, -0.2) is 42.1 Å². The number of anilines is 2. The Hall–Kier alpha value is -2.44. The van der Waals surface area contributed by atoms with Crippen molar-refractivity contribution in [3.8, 4) is 0 Å². The van der Waals surface area contributed by atoms with E-state index in [9.17, 15) is 4.79 Å². The predicted molar refractivity (Wildman–Crippen MR) is 138 cm³/mol. The van der Waals surface area contributed by atoms with Crippen LogP contribution in [0, 0.1) is 12.8 Å². The van der Waals surface area contributed by atoms with Crippen molar-refractivity contribution in [1.29, 1.82) is 0 Å². The number of amides is 1. The standard InChI is InChI=1S/C26H36N4OS/c1-19(2)25(31)28-23-10-6-9-22(18-23)21-12-16-30(17-13-21)15-7-14-27-26(32)29-24-11-5-4-8-20(24)3/h4-6,8-11,18-19,21H,7,12-17H2,1-3H3,(H,28,31)(H2,27,29,32). The lowest BCUT2D eigenvalue weighted by Gasteiger charge is -2.32. The van der Waals surface area contributed by atoms with Crippen molar-refractivity contribution in [2.75, 3.05) is 36.8 Å². The van der Waals surface area contributed by atoms with Crippen molar-refractivity contribution in [2.45, 2.75) is 46.0 Å². The van der Waals surface area contributed by atoms with Crippen molar-refractivity contribution in [3.05, 3.63) is 59.7 Å². The molecular formula is C26H36N4OS. The summed E-state index contributed by atoms with van der Waals surface area (Å²) < 4.78 is 0. The van der Waals surface area contributed by atoms with Crippen molar-refractivity contribution in [1.82, 2.24) is 10.2 Å². The first kappa shape index (κ1) is 24.2. The summed E-state index contributed by atoms with van der Waals surface area (Å²) in [6, 6.07) is 16.5. The van der Waals surface area contributed by atoms with Crippen LogP contribution in [0.3, 0.4) is 0 Å². The van der Waals surface area contributed by atoms with E-state index in [2.05, 4.69) is 52.0 Å². The highest BCUT2D eigenvalue weighted by Crippen LogP contribution is 2.29. The first-order valence-electron chi connectivity index (χ1n) is 11.7. The fraction of sp³-hybridized carbons (Fsp3) is 0.462. The molecule has 1 aliphatic rings. The zero-order valence-corrected chi connectivity index (χ0v) is 20.3. The third-order valence-corrected chi connectivity index (χ3v) is 6.31. The second kappa shape index (κ2) is 12.0. The number of hydrogen-bond donors (Lipinski definition) is 3. The monoisotopic (exact) mass is 452 g/mol. The summed E-state index contributed by atoms with van der Waals surface area (Å²) in [5.41, 5.74) is 4.48. The average Bonchev–Trinajstić information content (AvgIpc) is 2.79. The van der Waals surface area contributed by atoms with Crippen molar-refractivity contribution >= 4 is 34.6 Å². The molecule has 1 saturated heterocycles. The summed E-state index contributed by atoms with van der Waals surface area (Å²) in [6.45, 7) is 10.1. The Bertz CT molecular complexity index is 906. The highest BCUT2D eigenvalue weighted by molar-refractivity contribution is 7.80. The summed E-state index contributed by atoms with van der Waals surface area (Å²) in [4.78, 5) is 14.5. The molecule has 0 saturated carbocycles. The van der Waals surface area contributed by atoms with Crippen LogP contribution in [0.5, 0.6) is 0 Å². The Balaban J connectivity index is 1.36. The number of rotatable bonds is 8. The number of para-hydroxylation sites is 1. The molecule has 0 unspecified atom stereocenters.